The highest BCUT2D eigenvalue weighted by Crippen LogP contribution is 2.17. The molecule has 1 saturated heterocycles. The normalized spacial score (nSPS) is 14.0. The number of anilines is 1. The monoisotopic (exact) mass is 355 g/mol. The molecule has 1 heterocycles. The number of hydrogen-bond acceptors (Lipinski definition) is 4. The summed E-state index contributed by atoms with van der Waals surface area (Å²) in [4.78, 5) is 16.4. The van der Waals surface area contributed by atoms with E-state index in [4.69, 9.17) is 9.47 Å². The topological polar surface area (TPSA) is 54.0 Å². The zero-order valence-corrected chi connectivity index (χ0v) is 15.1. The molecule has 2 amide bonds. The average Bonchev–Trinajstić information content (AvgIpc) is 2.70. The summed E-state index contributed by atoms with van der Waals surface area (Å²) in [6, 6.07) is 17.5. The summed E-state index contributed by atoms with van der Waals surface area (Å²) in [6.07, 6.45) is 0. The minimum absolute atomic E-state index is 0.0938. The first-order valence-corrected chi connectivity index (χ1v) is 8.94. The number of nitrogens with zero attached hydrogens (tertiary/aromatic N) is 2. The Bertz CT molecular complexity index is 683. The molecule has 6 heteroatoms. The first kappa shape index (κ1) is 17.9. The van der Waals surface area contributed by atoms with Crippen molar-refractivity contribution in [3.05, 3.63) is 54.6 Å². The lowest BCUT2D eigenvalue weighted by Gasteiger charge is -2.36. The molecule has 2 aromatic rings. The largest absolute Gasteiger partial charge is 0.494 e. The molecule has 0 aromatic heterocycles. The number of nitrogens with one attached hydrogen (secondary N) is 1. The third-order valence-electron chi connectivity index (χ3n) is 4.29. The number of piperazine rings is 1. The van der Waals surface area contributed by atoms with Crippen LogP contribution in [0.25, 0.3) is 0 Å². The molecule has 1 fully saturated rings. The number of para-hydroxylation sites is 1. The van der Waals surface area contributed by atoms with Gasteiger partial charge in [-0.15, -0.1) is 0 Å². The van der Waals surface area contributed by atoms with E-state index in [1.807, 2.05) is 54.3 Å². The fourth-order valence-corrected chi connectivity index (χ4v) is 2.90. The maximum absolute atomic E-state index is 12.3. The summed E-state index contributed by atoms with van der Waals surface area (Å²) < 4.78 is 11.0. The average molecular weight is 355 g/mol. The van der Waals surface area contributed by atoms with Gasteiger partial charge in [-0.1, -0.05) is 18.2 Å². The third kappa shape index (κ3) is 4.81. The lowest BCUT2D eigenvalue weighted by Crippen LogP contribution is -2.52. The maximum Gasteiger partial charge on any atom is 0.320 e. The standard InChI is InChI=1S/C20H25N3O3/c1-2-25-18-8-10-19(11-9-18)26-16-21-20(24)23-14-12-22(13-15-23)17-6-4-3-5-7-17/h3-11H,2,12-16H2,1H3,(H,21,24). The predicted molar refractivity (Wildman–Crippen MR) is 102 cm³/mol. The summed E-state index contributed by atoms with van der Waals surface area (Å²) in [5.74, 6) is 1.50. The lowest BCUT2D eigenvalue weighted by atomic mass is 10.2. The SMILES string of the molecule is CCOc1ccc(OCNC(=O)N2CCN(c3ccccc3)CC2)cc1. The van der Waals surface area contributed by atoms with Crippen LogP contribution in [0.2, 0.25) is 0 Å². The number of ether oxygens (including phenoxy) is 2. The first-order valence-electron chi connectivity index (χ1n) is 8.94. The molecule has 0 aliphatic carbocycles. The molecule has 0 radical (unpaired) electrons. The van der Waals surface area contributed by atoms with Gasteiger partial charge in [0.1, 0.15) is 11.5 Å². The van der Waals surface area contributed by atoms with Crippen molar-refractivity contribution in [2.24, 2.45) is 0 Å². The van der Waals surface area contributed by atoms with Gasteiger partial charge in [0.25, 0.3) is 0 Å². The second-order valence-corrected chi connectivity index (χ2v) is 5.98. The van der Waals surface area contributed by atoms with Crippen LogP contribution in [0.15, 0.2) is 54.6 Å². The molecular weight excluding hydrogens is 330 g/mol. The van der Waals surface area contributed by atoms with Crippen LogP contribution in [0.4, 0.5) is 10.5 Å². The van der Waals surface area contributed by atoms with Crippen LogP contribution >= 0.6 is 0 Å². The molecule has 6 nitrogen and oxygen atoms in total. The van der Waals surface area contributed by atoms with Crippen LogP contribution in [-0.2, 0) is 0 Å². The Labute approximate surface area is 154 Å². The van der Waals surface area contributed by atoms with Crippen LogP contribution in [-0.4, -0.2) is 50.4 Å². The Balaban J connectivity index is 1.39. The third-order valence-corrected chi connectivity index (χ3v) is 4.29. The molecule has 0 bridgehead atoms. The zero-order valence-electron chi connectivity index (χ0n) is 15.1. The Morgan fingerprint density at radius 1 is 0.923 bits per heavy atom. The van der Waals surface area contributed by atoms with Gasteiger partial charge in [0.15, 0.2) is 6.73 Å². The molecule has 1 N–H and O–H groups in total. The molecule has 0 unspecified atom stereocenters. The van der Waals surface area contributed by atoms with Crippen molar-refractivity contribution in [3.8, 4) is 11.5 Å². The molecule has 0 spiro atoms. The van der Waals surface area contributed by atoms with Gasteiger partial charge in [0.05, 0.1) is 6.61 Å². The van der Waals surface area contributed by atoms with E-state index in [-0.39, 0.29) is 12.8 Å². The van der Waals surface area contributed by atoms with Gasteiger partial charge in [-0.05, 0) is 43.3 Å². The van der Waals surface area contributed by atoms with Crippen molar-refractivity contribution in [1.82, 2.24) is 10.2 Å². The number of hydrogen-bond donors (Lipinski definition) is 1. The fraction of sp³-hybridized carbons (Fsp3) is 0.350. The smallest absolute Gasteiger partial charge is 0.320 e. The molecule has 3 rings (SSSR count). The zero-order chi connectivity index (χ0) is 18.2. The van der Waals surface area contributed by atoms with Crippen molar-refractivity contribution in [3.63, 3.8) is 0 Å². The number of rotatable bonds is 6. The second kappa shape index (κ2) is 8.99. The van der Waals surface area contributed by atoms with Crippen LogP contribution in [0.3, 0.4) is 0 Å². The van der Waals surface area contributed by atoms with E-state index < -0.39 is 0 Å². The van der Waals surface area contributed by atoms with Crippen LogP contribution in [0.5, 0.6) is 11.5 Å². The number of urea groups is 1. The summed E-state index contributed by atoms with van der Waals surface area (Å²) in [7, 11) is 0. The van der Waals surface area contributed by atoms with Crippen molar-refractivity contribution < 1.29 is 14.3 Å². The van der Waals surface area contributed by atoms with Gasteiger partial charge in [0.2, 0.25) is 0 Å². The number of amides is 2. The van der Waals surface area contributed by atoms with Crippen LogP contribution in [0, 0.1) is 0 Å². The van der Waals surface area contributed by atoms with E-state index in [1.54, 1.807) is 0 Å². The number of carbonyl (C=O) groups is 1. The highest BCUT2D eigenvalue weighted by atomic mass is 16.5. The lowest BCUT2D eigenvalue weighted by molar-refractivity contribution is 0.181. The Kier molecular flexibility index (Phi) is 6.19. The Morgan fingerprint density at radius 2 is 1.54 bits per heavy atom. The minimum Gasteiger partial charge on any atom is -0.494 e. The van der Waals surface area contributed by atoms with Gasteiger partial charge >= 0.3 is 6.03 Å². The van der Waals surface area contributed by atoms with Crippen LogP contribution < -0.4 is 19.7 Å². The highest BCUT2D eigenvalue weighted by Gasteiger charge is 2.20. The number of carbonyl (C=O) groups excluding carboxylic acids is 1. The van der Waals surface area contributed by atoms with E-state index in [0.29, 0.717) is 25.4 Å². The molecule has 26 heavy (non-hydrogen) atoms. The molecule has 0 saturated carbocycles. The molecule has 1 aliphatic heterocycles. The van der Waals surface area contributed by atoms with E-state index in [0.717, 1.165) is 18.8 Å². The molecule has 2 aromatic carbocycles. The second-order valence-electron chi connectivity index (χ2n) is 5.98. The van der Waals surface area contributed by atoms with E-state index in [1.165, 1.54) is 5.69 Å². The Hall–Kier alpha value is -2.89. The number of benzene rings is 2. The van der Waals surface area contributed by atoms with E-state index in [2.05, 4.69) is 22.3 Å². The highest BCUT2D eigenvalue weighted by molar-refractivity contribution is 5.74. The Morgan fingerprint density at radius 3 is 2.15 bits per heavy atom. The van der Waals surface area contributed by atoms with Gasteiger partial charge in [0, 0.05) is 31.9 Å². The first-order chi connectivity index (χ1) is 12.8. The van der Waals surface area contributed by atoms with Gasteiger partial charge in [-0.2, -0.15) is 0 Å². The van der Waals surface area contributed by atoms with Gasteiger partial charge in [-0.25, -0.2) is 4.79 Å². The van der Waals surface area contributed by atoms with Gasteiger partial charge in [-0.3, -0.25) is 0 Å². The quantitative estimate of drug-likeness (QED) is 0.810. The summed E-state index contributed by atoms with van der Waals surface area (Å²) in [5, 5.41) is 2.81. The summed E-state index contributed by atoms with van der Waals surface area (Å²) in [6.45, 7) is 5.78. The van der Waals surface area contributed by atoms with Crippen molar-refractivity contribution in [2.45, 2.75) is 6.92 Å². The van der Waals surface area contributed by atoms with Crippen LogP contribution in [0.1, 0.15) is 6.92 Å². The van der Waals surface area contributed by atoms with Crippen molar-refractivity contribution in [2.75, 3.05) is 44.4 Å². The molecule has 138 valence electrons. The summed E-state index contributed by atoms with van der Waals surface area (Å²) >= 11 is 0. The molecule has 0 atom stereocenters. The van der Waals surface area contributed by atoms with Crippen molar-refractivity contribution in [1.29, 1.82) is 0 Å². The van der Waals surface area contributed by atoms with Gasteiger partial charge < -0.3 is 24.6 Å². The molecule has 1 aliphatic rings. The van der Waals surface area contributed by atoms with E-state index in [9.17, 15) is 4.79 Å². The van der Waals surface area contributed by atoms with Crippen molar-refractivity contribution >= 4 is 11.7 Å². The minimum atomic E-state index is -0.0938. The maximum atomic E-state index is 12.3. The van der Waals surface area contributed by atoms with E-state index >= 15 is 0 Å². The molecular formula is C20H25N3O3. The summed E-state index contributed by atoms with van der Waals surface area (Å²) in [5.41, 5.74) is 1.20. The fourth-order valence-electron chi connectivity index (χ4n) is 2.90. The predicted octanol–water partition coefficient (Wildman–Crippen LogP) is 2.95.